The standard InChI is InChI=1S/C21H23N3O5S/c1-3-4-12-29-17-8-5-15(6-9-17)20(25)22-21-23(11-13-28-2)18-10-7-16(24(26)27)14-19(18)30-21/h5-10,14H,3-4,11-13H2,1-2H3. The van der Waals surface area contributed by atoms with Crippen LogP contribution in [0, 0.1) is 10.1 Å². The highest BCUT2D eigenvalue weighted by Crippen LogP contribution is 2.23. The predicted octanol–water partition coefficient (Wildman–Crippen LogP) is 4.18. The number of carbonyl (C=O) groups excluding carboxylic acids is 1. The molecule has 0 aliphatic rings. The number of thiazole rings is 1. The van der Waals surface area contributed by atoms with E-state index in [4.69, 9.17) is 9.47 Å². The molecule has 1 aromatic heterocycles. The lowest BCUT2D eigenvalue weighted by Crippen LogP contribution is -2.19. The molecule has 158 valence electrons. The van der Waals surface area contributed by atoms with Gasteiger partial charge in [-0.2, -0.15) is 4.99 Å². The highest BCUT2D eigenvalue weighted by atomic mass is 32.1. The third-order valence-corrected chi connectivity index (χ3v) is 5.50. The summed E-state index contributed by atoms with van der Waals surface area (Å²) < 4.78 is 13.3. The predicted molar refractivity (Wildman–Crippen MR) is 115 cm³/mol. The molecule has 3 rings (SSSR count). The summed E-state index contributed by atoms with van der Waals surface area (Å²) in [6.07, 6.45) is 2.03. The second-order valence-electron chi connectivity index (χ2n) is 6.58. The largest absolute Gasteiger partial charge is 0.494 e. The Hall–Kier alpha value is -3.04. The summed E-state index contributed by atoms with van der Waals surface area (Å²) in [5.41, 5.74) is 1.22. The van der Waals surface area contributed by atoms with Crippen molar-refractivity contribution in [3.05, 3.63) is 62.9 Å². The monoisotopic (exact) mass is 429 g/mol. The summed E-state index contributed by atoms with van der Waals surface area (Å²) in [7, 11) is 1.59. The summed E-state index contributed by atoms with van der Waals surface area (Å²) in [6.45, 7) is 3.64. The zero-order valence-corrected chi connectivity index (χ0v) is 17.7. The zero-order valence-electron chi connectivity index (χ0n) is 16.9. The molecule has 0 atom stereocenters. The number of methoxy groups -OCH3 is 1. The highest BCUT2D eigenvalue weighted by Gasteiger charge is 2.13. The molecule has 0 unspecified atom stereocenters. The second-order valence-corrected chi connectivity index (χ2v) is 7.59. The molecule has 0 fully saturated rings. The Morgan fingerprint density at radius 1 is 1.20 bits per heavy atom. The van der Waals surface area contributed by atoms with Crippen LogP contribution in [0.5, 0.6) is 5.75 Å². The number of hydrogen-bond donors (Lipinski definition) is 0. The number of nitro groups is 1. The summed E-state index contributed by atoms with van der Waals surface area (Å²) in [6, 6.07) is 11.5. The van der Waals surface area contributed by atoms with E-state index in [9.17, 15) is 14.9 Å². The van der Waals surface area contributed by atoms with E-state index in [0.717, 1.165) is 18.4 Å². The highest BCUT2D eigenvalue weighted by molar-refractivity contribution is 7.16. The summed E-state index contributed by atoms with van der Waals surface area (Å²) in [5, 5.41) is 11.1. The van der Waals surface area contributed by atoms with Crippen LogP contribution >= 0.6 is 11.3 Å². The fraction of sp³-hybridized carbons (Fsp3) is 0.333. The maximum absolute atomic E-state index is 12.7. The first-order valence-electron chi connectivity index (χ1n) is 9.62. The summed E-state index contributed by atoms with van der Waals surface area (Å²) >= 11 is 1.24. The molecule has 0 saturated heterocycles. The maximum atomic E-state index is 12.7. The van der Waals surface area contributed by atoms with Crippen molar-refractivity contribution in [1.82, 2.24) is 4.57 Å². The van der Waals surface area contributed by atoms with Crippen molar-refractivity contribution < 1.29 is 19.2 Å². The van der Waals surface area contributed by atoms with Crippen molar-refractivity contribution in [3.63, 3.8) is 0 Å². The van der Waals surface area contributed by atoms with Crippen molar-refractivity contribution in [1.29, 1.82) is 0 Å². The van der Waals surface area contributed by atoms with Gasteiger partial charge in [0.05, 0.1) is 28.4 Å². The molecule has 0 radical (unpaired) electrons. The number of carbonyl (C=O) groups is 1. The van der Waals surface area contributed by atoms with Crippen LogP contribution in [0.25, 0.3) is 10.2 Å². The maximum Gasteiger partial charge on any atom is 0.279 e. The fourth-order valence-corrected chi connectivity index (χ4v) is 3.93. The third kappa shape index (κ3) is 5.11. The minimum absolute atomic E-state index is 0.000759. The lowest BCUT2D eigenvalue weighted by Gasteiger charge is -2.05. The molecule has 1 amide bonds. The lowest BCUT2D eigenvalue weighted by atomic mass is 10.2. The molecule has 0 aliphatic carbocycles. The van der Waals surface area contributed by atoms with Crippen LogP contribution in [0.2, 0.25) is 0 Å². The van der Waals surface area contributed by atoms with Crippen molar-refractivity contribution >= 4 is 33.1 Å². The van der Waals surface area contributed by atoms with Gasteiger partial charge < -0.3 is 14.0 Å². The van der Waals surface area contributed by atoms with E-state index in [-0.39, 0.29) is 11.6 Å². The number of rotatable bonds is 9. The fourth-order valence-electron chi connectivity index (χ4n) is 2.84. The van der Waals surface area contributed by atoms with Crippen molar-refractivity contribution in [3.8, 4) is 5.75 Å². The molecule has 8 nitrogen and oxygen atoms in total. The van der Waals surface area contributed by atoms with E-state index in [1.54, 1.807) is 37.4 Å². The average Bonchev–Trinajstić information content (AvgIpc) is 3.08. The Labute approximate surface area is 177 Å². The van der Waals surface area contributed by atoms with E-state index < -0.39 is 4.92 Å². The molecule has 0 bridgehead atoms. The minimum Gasteiger partial charge on any atom is -0.494 e. The summed E-state index contributed by atoms with van der Waals surface area (Å²) in [4.78, 5) is 28.1. The Bertz CT molecular complexity index is 1100. The van der Waals surface area contributed by atoms with Gasteiger partial charge in [-0.3, -0.25) is 14.9 Å². The number of non-ortho nitro benzene ring substituents is 1. The first-order chi connectivity index (χ1) is 14.5. The summed E-state index contributed by atoms with van der Waals surface area (Å²) in [5.74, 6) is 0.326. The molecule has 0 N–H and O–H groups in total. The Kier molecular flexibility index (Phi) is 7.31. The van der Waals surface area contributed by atoms with Gasteiger partial charge in [0, 0.05) is 31.4 Å². The van der Waals surface area contributed by atoms with E-state index in [1.165, 1.54) is 23.5 Å². The molecule has 2 aromatic carbocycles. The number of aromatic nitrogens is 1. The topological polar surface area (TPSA) is 96.0 Å². The van der Waals surface area contributed by atoms with E-state index in [1.807, 2.05) is 4.57 Å². The molecule has 0 spiro atoms. The number of benzene rings is 2. The zero-order chi connectivity index (χ0) is 21.5. The van der Waals surface area contributed by atoms with Gasteiger partial charge in [0.25, 0.3) is 11.6 Å². The smallest absolute Gasteiger partial charge is 0.279 e. The average molecular weight is 429 g/mol. The molecule has 1 heterocycles. The number of nitrogens with zero attached hydrogens (tertiary/aromatic N) is 3. The molecular weight excluding hydrogens is 406 g/mol. The van der Waals surface area contributed by atoms with Gasteiger partial charge in [-0.25, -0.2) is 0 Å². The van der Waals surface area contributed by atoms with Crippen LogP contribution in [0.15, 0.2) is 47.5 Å². The Morgan fingerprint density at radius 3 is 2.63 bits per heavy atom. The Morgan fingerprint density at radius 2 is 1.97 bits per heavy atom. The van der Waals surface area contributed by atoms with Crippen LogP contribution in [-0.2, 0) is 11.3 Å². The van der Waals surface area contributed by atoms with Gasteiger partial charge >= 0.3 is 0 Å². The van der Waals surface area contributed by atoms with Crippen molar-refractivity contribution in [2.24, 2.45) is 4.99 Å². The first-order valence-corrected chi connectivity index (χ1v) is 10.4. The van der Waals surface area contributed by atoms with Gasteiger partial charge in [-0.1, -0.05) is 24.7 Å². The molecular formula is C21H23N3O5S. The minimum atomic E-state index is -0.440. The van der Waals surface area contributed by atoms with Crippen LogP contribution in [-0.4, -0.2) is 35.7 Å². The van der Waals surface area contributed by atoms with Crippen molar-refractivity contribution in [2.75, 3.05) is 20.3 Å². The van der Waals surface area contributed by atoms with Crippen LogP contribution in [0.4, 0.5) is 5.69 Å². The molecule has 30 heavy (non-hydrogen) atoms. The van der Waals surface area contributed by atoms with E-state index >= 15 is 0 Å². The number of fused-ring (bicyclic) bond motifs is 1. The molecule has 3 aromatic rings. The van der Waals surface area contributed by atoms with Gasteiger partial charge in [-0.15, -0.1) is 0 Å². The normalized spacial score (nSPS) is 11.7. The first kappa shape index (κ1) is 21.7. The quantitative estimate of drug-likeness (QED) is 0.289. The van der Waals surface area contributed by atoms with E-state index in [0.29, 0.717) is 40.6 Å². The molecule has 0 saturated carbocycles. The number of ether oxygens (including phenoxy) is 2. The van der Waals surface area contributed by atoms with Gasteiger partial charge in [0.1, 0.15) is 5.75 Å². The number of amides is 1. The van der Waals surface area contributed by atoms with Gasteiger partial charge in [0.2, 0.25) is 0 Å². The van der Waals surface area contributed by atoms with Crippen LogP contribution in [0.1, 0.15) is 30.1 Å². The SMILES string of the molecule is CCCCOc1ccc(C(=O)N=c2sc3cc([N+](=O)[O-])ccc3n2CCOC)cc1. The Balaban J connectivity index is 1.93. The van der Waals surface area contributed by atoms with Gasteiger partial charge in [0.15, 0.2) is 4.80 Å². The number of unbranched alkanes of at least 4 members (excludes halogenated alkanes) is 1. The van der Waals surface area contributed by atoms with Crippen LogP contribution in [0.3, 0.4) is 0 Å². The molecule has 9 heteroatoms. The van der Waals surface area contributed by atoms with Gasteiger partial charge in [-0.05, 0) is 36.8 Å². The number of hydrogen-bond acceptors (Lipinski definition) is 6. The van der Waals surface area contributed by atoms with Crippen LogP contribution < -0.4 is 9.54 Å². The van der Waals surface area contributed by atoms with E-state index in [2.05, 4.69) is 11.9 Å². The lowest BCUT2D eigenvalue weighted by molar-refractivity contribution is -0.384. The molecule has 0 aliphatic heterocycles. The van der Waals surface area contributed by atoms with Crippen molar-refractivity contribution in [2.45, 2.75) is 26.3 Å². The third-order valence-electron chi connectivity index (χ3n) is 4.46. The number of nitro benzene ring substituents is 1. The second kappa shape index (κ2) is 10.1.